The second-order valence-electron chi connectivity index (χ2n) is 8.71. The molecule has 0 fully saturated rings. The summed E-state index contributed by atoms with van der Waals surface area (Å²) in [5.74, 6) is 0.256. The summed E-state index contributed by atoms with van der Waals surface area (Å²) in [5, 5.41) is 8.99. The maximum absolute atomic E-state index is 12.5. The van der Waals surface area contributed by atoms with Crippen LogP contribution in [0.4, 0.5) is 5.69 Å². The van der Waals surface area contributed by atoms with Crippen LogP contribution in [-0.4, -0.2) is 32.5 Å². The second-order valence-corrected chi connectivity index (χ2v) is 9.57. The maximum Gasteiger partial charge on any atom is 0.341 e. The van der Waals surface area contributed by atoms with Crippen LogP contribution in [0.15, 0.2) is 66.7 Å². The fraction of sp³-hybridized carbons (Fsp3) is 0.296. The van der Waals surface area contributed by atoms with Crippen LogP contribution in [-0.2, 0) is 22.5 Å². The van der Waals surface area contributed by atoms with Gasteiger partial charge in [0.25, 0.3) is 11.3 Å². The van der Waals surface area contributed by atoms with Gasteiger partial charge in [-0.05, 0) is 85.7 Å². The smallest absolute Gasteiger partial charge is 0.341 e. The topological polar surface area (TPSA) is 96.3 Å². The standard InChI is InChI=1S/C27H29NO6S/c1-18(2)34-22-7-3-6-20(16-22)19-12-14-21(15-13-19)28(35(31)32)25-10-4-9-24-23(25)8-5-11-26(24)33-17-27(29)30/h3,5-8,11-16,18,25H,4,9-10,17H2,1-2H3,(H,29,30)(H,31,32). The number of hydrogen-bond acceptors (Lipinski definition) is 4. The van der Waals surface area contributed by atoms with Gasteiger partial charge in [-0.1, -0.05) is 36.4 Å². The minimum absolute atomic E-state index is 0.0779. The van der Waals surface area contributed by atoms with Crippen LogP contribution in [0.5, 0.6) is 11.5 Å². The van der Waals surface area contributed by atoms with Crippen molar-refractivity contribution in [2.24, 2.45) is 0 Å². The Balaban J connectivity index is 1.63. The zero-order valence-corrected chi connectivity index (χ0v) is 20.5. The average Bonchev–Trinajstić information content (AvgIpc) is 2.83. The lowest BCUT2D eigenvalue weighted by atomic mass is 9.87. The van der Waals surface area contributed by atoms with E-state index in [0.717, 1.165) is 40.8 Å². The van der Waals surface area contributed by atoms with Gasteiger partial charge < -0.3 is 14.6 Å². The molecule has 35 heavy (non-hydrogen) atoms. The summed E-state index contributed by atoms with van der Waals surface area (Å²) in [7, 11) is 0. The molecule has 0 bridgehead atoms. The number of hydrogen-bond donors (Lipinski definition) is 2. The fourth-order valence-corrected chi connectivity index (χ4v) is 5.25. The van der Waals surface area contributed by atoms with Gasteiger partial charge in [0.15, 0.2) is 6.61 Å². The predicted octanol–water partition coefficient (Wildman–Crippen LogP) is 5.62. The Morgan fingerprint density at radius 1 is 1.09 bits per heavy atom. The molecule has 0 aliphatic heterocycles. The zero-order valence-electron chi connectivity index (χ0n) is 19.7. The molecule has 0 aromatic heterocycles. The van der Waals surface area contributed by atoms with E-state index < -0.39 is 23.8 Å². The van der Waals surface area contributed by atoms with Crippen molar-refractivity contribution in [2.45, 2.75) is 45.3 Å². The second kappa shape index (κ2) is 10.9. The molecule has 0 spiro atoms. The average molecular weight is 496 g/mol. The minimum Gasteiger partial charge on any atom is -0.491 e. The third-order valence-corrected chi connectivity index (χ3v) is 6.70. The first-order valence-electron chi connectivity index (χ1n) is 11.6. The molecule has 2 unspecified atom stereocenters. The van der Waals surface area contributed by atoms with Crippen LogP contribution in [0.25, 0.3) is 11.1 Å². The highest BCUT2D eigenvalue weighted by Gasteiger charge is 2.31. The summed E-state index contributed by atoms with van der Waals surface area (Å²) in [4.78, 5) is 11.0. The Morgan fingerprint density at radius 3 is 2.51 bits per heavy atom. The predicted molar refractivity (Wildman–Crippen MR) is 136 cm³/mol. The van der Waals surface area contributed by atoms with Crippen molar-refractivity contribution in [3.05, 3.63) is 77.9 Å². The Labute approximate surface area is 207 Å². The van der Waals surface area contributed by atoms with Crippen LogP contribution in [0.1, 0.15) is 43.9 Å². The molecule has 0 heterocycles. The molecule has 2 atom stereocenters. The van der Waals surface area contributed by atoms with Crippen molar-refractivity contribution in [3.8, 4) is 22.6 Å². The number of aliphatic carboxylic acids is 1. The molecule has 8 heteroatoms. The van der Waals surface area contributed by atoms with Crippen molar-refractivity contribution >= 4 is 22.9 Å². The van der Waals surface area contributed by atoms with E-state index in [1.54, 1.807) is 12.1 Å². The van der Waals surface area contributed by atoms with Crippen molar-refractivity contribution in [3.63, 3.8) is 0 Å². The molecule has 7 nitrogen and oxygen atoms in total. The first-order valence-corrected chi connectivity index (χ1v) is 12.6. The fourth-order valence-electron chi connectivity index (χ4n) is 4.51. The van der Waals surface area contributed by atoms with E-state index in [-0.39, 0.29) is 12.1 Å². The third-order valence-electron chi connectivity index (χ3n) is 5.90. The summed E-state index contributed by atoms with van der Waals surface area (Å²) >= 11 is -2.26. The number of nitrogens with zero attached hydrogens (tertiary/aromatic N) is 1. The number of ether oxygens (including phenoxy) is 2. The van der Waals surface area contributed by atoms with E-state index in [0.29, 0.717) is 17.9 Å². The van der Waals surface area contributed by atoms with Gasteiger partial charge in [-0.15, -0.1) is 0 Å². The minimum atomic E-state index is -2.26. The van der Waals surface area contributed by atoms with Gasteiger partial charge in [-0.3, -0.25) is 8.86 Å². The van der Waals surface area contributed by atoms with Crippen LogP contribution < -0.4 is 13.8 Å². The molecule has 2 N–H and O–H groups in total. The number of anilines is 1. The highest BCUT2D eigenvalue weighted by atomic mass is 32.2. The molecule has 0 saturated carbocycles. The molecule has 0 radical (unpaired) electrons. The van der Waals surface area contributed by atoms with Gasteiger partial charge >= 0.3 is 5.97 Å². The Hall–Kier alpha value is -3.36. The van der Waals surface area contributed by atoms with Crippen molar-refractivity contribution in [1.82, 2.24) is 0 Å². The lowest BCUT2D eigenvalue weighted by Gasteiger charge is -2.35. The summed E-state index contributed by atoms with van der Waals surface area (Å²) in [5.41, 5.74) is 4.36. The van der Waals surface area contributed by atoms with E-state index in [4.69, 9.17) is 14.6 Å². The summed E-state index contributed by atoms with van der Waals surface area (Å²) < 4.78 is 35.6. The van der Waals surface area contributed by atoms with Gasteiger partial charge in [0.1, 0.15) is 11.5 Å². The van der Waals surface area contributed by atoms with Gasteiger partial charge in [-0.2, -0.15) is 0 Å². The molecular weight excluding hydrogens is 466 g/mol. The van der Waals surface area contributed by atoms with E-state index in [9.17, 15) is 13.6 Å². The summed E-state index contributed by atoms with van der Waals surface area (Å²) in [6, 6.07) is 20.5. The number of carbonyl (C=O) groups is 1. The molecule has 0 amide bonds. The first-order chi connectivity index (χ1) is 16.8. The molecule has 0 saturated heterocycles. The number of fused-ring (bicyclic) bond motifs is 1. The van der Waals surface area contributed by atoms with E-state index in [1.165, 1.54) is 4.31 Å². The Morgan fingerprint density at radius 2 is 1.83 bits per heavy atom. The van der Waals surface area contributed by atoms with Crippen LogP contribution in [0.3, 0.4) is 0 Å². The zero-order chi connectivity index (χ0) is 24.9. The molecule has 4 rings (SSSR count). The number of rotatable bonds is 9. The lowest BCUT2D eigenvalue weighted by molar-refractivity contribution is -0.139. The van der Waals surface area contributed by atoms with Gasteiger partial charge in [0.05, 0.1) is 17.8 Å². The number of benzene rings is 3. The number of carboxylic acids is 1. The van der Waals surface area contributed by atoms with Crippen molar-refractivity contribution in [2.75, 3.05) is 10.9 Å². The van der Waals surface area contributed by atoms with Crippen LogP contribution >= 0.6 is 0 Å². The molecule has 1 aliphatic rings. The van der Waals surface area contributed by atoms with E-state index in [1.807, 2.05) is 68.4 Å². The van der Waals surface area contributed by atoms with Crippen LogP contribution in [0.2, 0.25) is 0 Å². The third kappa shape index (κ3) is 5.83. The number of carboxylic acid groups (broad SMARTS) is 1. The quantitative estimate of drug-likeness (QED) is 0.374. The van der Waals surface area contributed by atoms with E-state index in [2.05, 4.69) is 0 Å². The molecule has 3 aromatic carbocycles. The van der Waals surface area contributed by atoms with E-state index >= 15 is 0 Å². The highest BCUT2D eigenvalue weighted by molar-refractivity contribution is 7.80. The Kier molecular flexibility index (Phi) is 7.73. The monoisotopic (exact) mass is 495 g/mol. The SMILES string of the molecule is CC(C)Oc1cccc(-c2ccc(N(C3CCCc4c(OCC(=O)O)cccc43)S(=O)O)cc2)c1. The lowest BCUT2D eigenvalue weighted by Crippen LogP contribution is -2.33. The molecule has 3 aromatic rings. The Bertz CT molecular complexity index is 1210. The van der Waals surface area contributed by atoms with Crippen LogP contribution in [0, 0.1) is 0 Å². The largest absolute Gasteiger partial charge is 0.491 e. The first kappa shape index (κ1) is 24.8. The maximum atomic E-state index is 12.5. The van der Waals surface area contributed by atoms with Crippen molar-refractivity contribution in [1.29, 1.82) is 0 Å². The molecular formula is C27H29NO6S. The highest BCUT2D eigenvalue weighted by Crippen LogP contribution is 2.41. The summed E-state index contributed by atoms with van der Waals surface area (Å²) in [6.45, 7) is 3.53. The molecule has 184 valence electrons. The van der Waals surface area contributed by atoms with Gasteiger partial charge in [0, 0.05) is 0 Å². The summed E-state index contributed by atoms with van der Waals surface area (Å²) in [6.07, 6.45) is 2.29. The van der Waals surface area contributed by atoms with Gasteiger partial charge in [-0.25, -0.2) is 9.00 Å². The molecule has 1 aliphatic carbocycles. The van der Waals surface area contributed by atoms with Crippen molar-refractivity contribution < 1.29 is 28.1 Å². The normalized spacial score (nSPS) is 15.8. The van der Waals surface area contributed by atoms with Gasteiger partial charge in [0.2, 0.25) is 0 Å².